The molecule has 0 saturated carbocycles. The number of rotatable bonds is 5. The zero-order valence-electron chi connectivity index (χ0n) is 11.3. The summed E-state index contributed by atoms with van der Waals surface area (Å²) in [7, 11) is 0.517. The highest BCUT2D eigenvalue weighted by Gasteiger charge is 2.11. The highest BCUT2D eigenvalue weighted by atomic mass is 19.1. The normalized spacial score (nSPS) is 10.8. The zero-order chi connectivity index (χ0) is 14.5. The van der Waals surface area contributed by atoms with Crippen LogP contribution in [0.5, 0.6) is 0 Å². The molecule has 2 aromatic rings. The summed E-state index contributed by atoms with van der Waals surface area (Å²) in [5, 5.41) is 18.3. The van der Waals surface area contributed by atoms with E-state index in [4.69, 9.17) is 10.0 Å². The van der Waals surface area contributed by atoms with Gasteiger partial charge in [0.15, 0.2) is 0 Å². The van der Waals surface area contributed by atoms with Gasteiger partial charge in [-0.1, -0.05) is 36.4 Å². The van der Waals surface area contributed by atoms with Crippen LogP contribution in [0.1, 0.15) is 11.1 Å². The molecular weight excluding hydrogens is 256 g/mol. The number of halogens is 1. The topological polar surface area (TPSA) is 43.7 Å². The largest absolute Gasteiger partial charge is 0.488 e. The Morgan fingerprint density at radius 1 is 1.00 bits per heavy atom. The molecule has 20 heavy (non-hydrogen) atoms. The van der Waals surface area contributed by atoms with E-state index in [-0.39, 0.29) is 5.82 Å². The zero-order valence-corrected chi connectivity index (χ0v) is 11.3. The molecule has 0 spiro atoms. The molecule has 2 aromatic carbocycles. The van der Waals surface area contributed by atoms with Gasteiger partial charge in [-0.15, -0.1) is 0 Å². The van der Waals surface area contributed by atoms with Gasteiger partial charge in [-0.2, -0.15) is 0 Å². The van der Waals surface area contributed by atoms with Crippen molar-refractivity contribution in [3.8, 4) is 0 Å². The first kappa shape index (κ1) is 14.7. The summed E-state index contributed by atoms with van der Waals surface area (Å²) in [6.45, 7) is 1.38. The summed E-state index contributed by atoms with van der Waals surface area (Å²) < 4.78 is 12.8. The van der Waals surface area contributed by atoms with E-state index in [1.807, 2.05) is 13.1 Å². The fourth-order valence-electron chi connectivity index (χ4n) is 2.12. The maximum atomic E-state index is 12.8. The SMILES string of the molecule is CN(Cc1ccc(F)cc1)Cc1cccc(B(O)O)c1. The number of hydrogen-bond acceptors (Lipinski definition) is 3. The Hall–Kier alpha value is -1.69. The van der Waals surface area contributed by atoms with Gasteiger partial charge in [0.25, 0.3) is 0 Å². The Balaban J connectivity index is 1.99. The van der Waals surface area contributed by atoms with Gasteiger partial charge < -0.3 is 10.0 Å². The number of benzene rings is 2. The molecule has 3 nitrogen and oxygen atoms in total. The summed E-state index contributed by atoms with van der Waals surface area (Å²) in [5.41, 5.74) is 2.52. The molecule has 0 amide bonds. The van der Waals surface area contributed by atoms with Crippen molar-refractivity contribution in [1.29, 1.82) is 0 Å². The molecule has 104 valence electrons. The van der Waals surface area contributed by atoms with E-state index in [0.717, 1.165) is 11.1 Å². The van der Waals surface area contributed by atoms with Gasteiger partial charge in [0.05, 0.1) is 0 Å². The van der Waals surface area contributed by atoms with Crippen molar-refractivity contribution >= 4 is 12.6 Å². The van der Waals surface area contributed by atoms with E-state index >= 15 is 0 Å². The maximum Gasteiger partial charge on any atom is 0.488 e. The van der Waals surface area contributed by atoms with Crippen LogP contribution in [-0.4, -0.2) is 29.1 Å². The van der Waals surface area contributed by atoms with Crippen LogP contribution in [0.4, 0.5) is 4.39 Å². The van der Waals surface area contributed by atoms with Gasteiger partial charge in [0.1, 0.15) is 5.82 Å². The molecule has 0 aliphatic carbocycles. The van der Waals surface area contributed by atoms with E-state index in [1.54, 1.807) is 30.3 Å². The van der Waals surface area contributed by atoms with Crippen molar-refractivity contribution in [1.82, 2.24) is 4.90 Å². The van der Waals surface area contributed by atoms with Gasteiger partial charge in [-0.05, 0) is 35.8 Å². The molecule has 0 atom stereocenters. The first-order chi connectivity index (χ1) is 9.54. The predicted molar refractivity (Wildman–Crippen MR) is 77.8 cm³/mol. The average molecular weight is 273 g/mol. The third kappa shape index (κ3) is 4.16. The standard InChI is InChI=1S/C15H17BFNO2/c1-18(10-12-5-7-15(17)8-6-12)11-13-3-2-4-14(9-13)16(19)20/h2-9,19-20H,10-11H2,1H3. The van der Waals surface area contributed by atoms with Crippen molar-refractivity contribution in [3.05, 3.63) is 65.5 Å². The molecule has 0 radical (unpaired) electrons. The molecule has 0 aliphatic heterocycles. The molecule has 0 aliphatic rings. The minimum Gasteiger partial charge on any atom is -0.423 e. The molecule has 0 bridgehead atoms. The second-order valence-corrected chi connectivity index (χ2v) is 4.92. The van der Waals surface area contributed by atoms with Crippen molar-refractivity contribution in [2.45, 2.75) is 13.1 Å². The summed E-state index contributed by atoms with van der Waals surface area (Å²) in [4.78, 5) is 2.08. The fraction of sp³-hybridized carbons (Fsp3) is 0.200. The Morgan fingerprint density at radius 2 is 1.65 bits per heavy atom. The molecule has 2 N–H and O–H groups in total. The number of nitrogens with zero attached hydrogens (tertiary/aromatic N) is 1. The summed E-state index contributed by atoms with van der Waals surface area (Å²) in [6.07, 6.45) is 0. The van der Waals surface area contributed by atoms with E-state index in [1.165, 1.54) is 12.1 Å². The van der Waals surface area contributed by atoms with Gasteiger partial charge in [0.2, 0.25) is 0 Å². The lowest BCUT2D eigenvalue weighted by Gasteiger charge is -2.17. The Morgan fingerprint density at radius 3 is 2.30 bits per heavy atom. The van der Waals surface area contributed by atoms with Gasteiger partial charge in [-0.3, -0.25) is 4.90 Å². The lowest BCUT2D eigenvalue weighted by molar-refractivity contribution is 0.319. The van der Waals surface area contributed by atoms with E-state index in [9.17, 15) is 4.39 Å². The molecule has 0 saturated heterocycles. The van der Waals surface area contributed by atoms with E-state index in [0.29, 0.717) is 18.6 Å². The minimum absolute atomic E-state index is 0.235. The van der Waals surface area contributed by atoms with Crippen LogP contribution < -0.4 is 5.46 Å². The average Bonchev–Trinajstić information content (AvgIpc) is 2.41. The summed E-state index contributed by atoms with van der Waals surface area (Å²) in [6, 6.07) is 13.6. The number of hydrogen-bond donors (Lipinski definition) is 2. The lowest BCUT2D eigenvalue weighted by atomic mass is 9.79. The van der Waals surface area contributed by atoms with Crippen LogP contribution in [0.3, 0.4) is 0 Å². The van der Waals surface area contributed by atoms with Crippen molar-refractivity contribution in [2.24, 2.45) is 0 Å². The molecule has 0 unspecified atom stereocenters. The molecule has 5 heteroatoms. The van der Waals surface area contributed by atoms with Crippen LogP contribution in [0.25, 0.3) is 0 Å². The quantitative estimate of drug-likeness (QED) is 0.803. The molecule has 0 heterocycles. The second kappa shape index (κ2) is 6.66. The molecule has 0 aromatic heterocycles. The van der Waals surface area contributed by atoms with Crippen LogP contribution in [0.15, 0.2) is 48.5 Å². The monoisotopic (exact) mass is 273 g/mol. The molecular formula is C15H17BFNO2. The first-order valence-corrected chi connectivity index (χ1v) is 6.42. The van der Waals surface area contributed by atoms with Gasteiger partial charge in [0, 0.05) is 13.1 Å². The highest BCUT2D eigenvalue weighted by molar-refractivity contribution is 6.58. The maximum absolute atomic E-state index is 12.8. The van der Waals surface area contributed by atoms with Crippen LogP contribution >= 0.6 is 0 Å². The summed E-state index contributed by atoms with van der Waals surface area (Å²) in [5.74, 6) is -0.235. The Kier molecular flexibility index (Phi) is 4.90. The third-order valence-electron chi connectivity index (χ3n) is 3.07. The van der Waals surface area contributed by atoms with E-state index in [2.05, 4.69) is 4.90 Å². The molecule has 2 rings (SSSR count). The van der Waals surface area contributed by atoms with E-state index < -0.39 is 7.12 Å². The predicted octanol–water partition coefficient (Wildman–Crippen LogP) is 1.14. The third-order valence-corrected chi connectivity index (χ3v) is 3.07. The van der Waals surface area contributed by atoms with Crippen molar-refractivity contribution in [3.63, 3.8) is 0 Å². The molecule has 0 fully saturated rings. The van der Waals surface area contributed by atoms with Crippen molar-refractivity contribution in [2.75, 3.05) is 7.05 Å². The second-order valence-electron chi connectivity index (χ2n) is 4.92. The smallest absolute Gasteiger partial charge is 0.423 e. The van der Waals surface area contributed by atoms with Gasteiger partial charge >= 0.3 is 7.12 Å². The Bertz CT molecular complexity index is 560. The van der Waals surface area contributed by atoms with Crippen molar-refractivity contribution < 1.29 is 14.4 Å². The fourth-order valence-corrected chi connectivity index (χ4v) is 2.12. The van der Waals surface area contributed by atoms with Crippen LogP contribution in [0, 0.1) is 5.82 Å². The van der Waals surface area contributed by atoms with Crippen LogP contribution in [0.2, 0.25) is 0 Å². The van der Waals surface area contributed by atoms with Crippen LogP contribution in [-0.2, 0) is 13.1 Å². The minimum atomic E-state index is -1.45. The van der Waals surface area contributed by atoms with Gasteiger partial charge in [-0.25, -0.2) is 4.39 Å². The first-order valence-electron chi connectivity index (χ1n) is 6.42. The Labute approximate surface area is 118 Å². The lowest BCUT2D eigenvalue weighted by Crippen LogP contribution is -2.30. The summed E-state index contributed by atoms with van der Waals surface area (Å²) >= 11 is 0. The highest BCUT2D eigenvalue weighted by Crippen LogP contribution is 2.08.